The molecule has 0 aliphatic heterocycles. The first kappa shape index (κ1) is 25.7. The van der Waals surface area contributed by atoms with Crippen molar-refractivity contribution in [2.24, 2.45) is 27.6 Å². The molecule has 0 heterocycles. The molecule has 0 fully saturated rings. The lowest BCUT2D eigenvalue weighted by atomic mass is 9.90. The summed E-state index contributed by atoms with van der Waals surface area (Å²) in [6.45, 7) is 17.5. The van der Waals surface area contributed by atoms with Gasteiger partial charge >= 0.3 is 0 Å². The number of ether oxygens (including phenoxy) is 1. The van der Waals surface area contributed by atoms with E-state index >= 15 is 0 Å². The van der Waals surface area contributed by atoms with Crippen molar-refractivity contribution in [1.82, 2.24) is 5.32 Å². The average Bonchev–Trinajstić information content (AvgIpc) is 2.68. The van der Waals surface area contributed by atoms with Gasteiger partial charge in [-0.2, -0.15) is 0 Å². The van der Waals surface area contributed by atoms with Gasteiger partial charge in [-0.1, -0.05) is 38.5 Å². The Morgan fingerprint density at radius 1 is 1.13 bits per heavy atom. The van der Waals surface area contributed by atoms with Gasteiger partial charge in [0.05, 0.1) is 18.0 Å². The number of hydrogen-bond donors (Lipinski definition) is 2. The van der Waals surface area contributed by atoms with Crippen molar-refractivity contribution in [3.05, 3.63) is 48.3 Å². The molecule has 0 saturated heterocycles. The lowest BCUT2D eigenvalue weighted by Crippen LogP contribution is -2.24. The number of hydrogen-bond acceptors (Lipinski definition) is 5. The number of nitrogens with two attached hydrogens (primary N) is 1. The van der Waals surface area contributed by atoms with Gasteiger partial charge < -0.3 is 15.8 Å². The molecule has 3 N–H and O–H groups in total. The molecule has 168 valence electrons. The zero-order valence-corrected chi connectivity index (χ0v) is 19.5. The number of unbranched alkanes of at least 4 members (excludes halogenated alkanes) is 4. The van der Waals surface area contributed by atoms with Gasteiger partial charge in [0, 0.05) is 18.5 Å². The van der Waals surface area contributed by atoms with Crippen molar-refractivity contribution in [2.45, 2.75) is 72.6 Å². The summed E-state index contributed by atoms with van der Waals surface area (Å²) in [6.07, 6.45) is 14.4. The quantitative estimate of drug-likeness (QED) is 0.123. The average molecular weight is 415 g/mol. The van der Waals surface area contributed by atoms with Crippen LogP contribution in [0.2, 0.25) is 0 Å². The highest BCUT2D eigenvalue weighted by Crippen LogP contribution is 2.21. The summed E-state index contributed by atoms with van der Waals surface area (Å²) in [4.78, 5) is 8.89. The summed E-state index contributed by atoms with van der Waals surface area (Å²) in [7, 11) is 0. The molecule has 0 spiro atoms. The monoisotopic (exact) mass is 414 g/mol. The summed E-state index contributed by atoms with van der Waals surface area (Å²) in [5.41, 5.74) is 8.74. The predicted octanol–water partition coefficient (Wildman–Crippen LogP) is 5.87. The molecular formula is C25H42N4O. The van der Waals surface area contributed by atoms with E-state index in [2.05, 4.69) is 47.5 Å². The standard InChI is InChI=1S/C25H42N4O/c1-19(2)29-22(5)25(21(4)26)27-16-10-8-7-9-11-17-30-23(6)28-18-24-14-12-20(3)13-15-24/h12,14,16,20,24,28H,4,6-11,13,15,17-18,26H2,1-3,5H3/b25-22+,27-16?. The summed E-state index contributed by atoms with van der Waals surface area (Å²) < 4.78 is 5.70. The summed E-state index contributed by atoms with van der Waals surface area (Å²) in [5.74, 6) is 2.00. The van der Waals surface area contributed by atoms with Crippen LogP contribution in [-0.2, 0) is 4.74 Å². The minimum absolute atomic E-state index is 0.453. The van der Waals surface area contributed by atoms with Crippen LogP contribution in [0.5, 0.6) is 0 Å². The third kappa shape index (κ3) is 11.6. The van der Waals surface area contributed by atoms with Crippen LogP contribution in [0.3, 0.4) is 0 Å². The molecule has 0 saturated carbocycles. The molecular weight excluding hydrogens is 372 g/mol. The van der Waals surface area contributed by atoms with Crippen LogP contribution in [0, 0.1) is 11.8 Å². The molecule has 0 aromatic rings. The van der Waals surface area contributed by atoms with Crippen molar-refractivity contribution in [1.29, 1.82) is 0 Å². The molecule has 30 heavy (non-hydrogen) atoms. The smallest absolute Gasteiger partial charge is 0.179 e. The van der Waals surface area contributed by atoms with Gasteiger partial charge in [-0.05, 0) is 71.3 Å². The number of aliphatic imine (C=N–C) groups is 2. The molecule has 5 nitrogen and oxygen atoms in total. The molecule has 0 aromatic heterocycles. The van der Waals surface area contributed by atoms with Crippen LogP contribution in [0.1, 0.15) is 72.6 Å². The van der Waals surface area contributed by atoms with E-state index in [1.54, 1.807) is 0 Å². The van der Waals surface area contributed by atoms with E-state index < -0.39 is 0 Å². The molecule has 1 aliphatic carbocycles. The van der Waals surface area contributed by atoms with Gasteiger partial charge in [-0.15, -0.1) is 0 Å². The fraction of sp³-hybridized carbons (Fsp3) is 0.600. The molecule has 0 aromatic carbocycles. The Hall–Kier alpha value is -2.30. The molecule has 1 rings (SSSR count). The van der Waals surface area contributed by atoms with Crippen LogP contribution < -0.4 is 11.1 Å². The third-order valence-electron chi connectivity index (χ3n) is 5.03. The van der Waals surface area contributed by atoms with E-state index in [-0.39, 0.29) is 0 Å². The maximum absolute atomic E-state index is 5.84. The minimum Gasteiger partial charge on any atom is -0.480 e. The minimum atomic E-state index is 0.453. The number of allylic oxidation sites excluding steroid dienone is 2. The van der Waals surface area contributed by atoms with Gasteiger partial charge in [-0.3, -0.25) is 9.98 Å². The molecule has 0 amide bonds. The summed E-state index contributed by atoms with van der Waals surface area (Å²) in [6, 6.07) is 0. The Morgan fingerprint density at radius 3 is 2.50 bits per heavy atom. The van der Waals surface area contributed by atoms with Crippen molar-refractivity contribution in [3.8, 4) is 0 Å². The predicted molar refractivity (Wildman–Crippen MR) is 131 cm³/mol. The topological polar surface area (TPSA) is 72.0 Å². The maximum Gasteiger partial charge on any atom is 0.179 e. The van der Waals surface area contributed by atoms with Gasteiger partial charge in [0.2, 0.25) is 0 Å². The lowest BCUT2D eigenvalue weighted by molar-refractivity contribution is 0.183. The van der Waals surface area contributed by atoms with E-state index in [1.807, 2.05) is 27.0 Å². The fourth-order valence-electron chi connectivity index (χ4n) is 3.32. The molecule has 0 radical (unpaired) electrons. The van der Waals surface area contributed by atoms with Gasteiger partial charge in [0.25, 0.3) is 0 Å². The van der Waals surface area contributed by atoms with Gasteiger partial charge in [0.15, 0.2) is 5.88 Å². The fourth-order valence-corrected chi connectivity index (χ4v) is 3.32. The van der Waals surface area contributed by atoms with Crippen molar-refractivity contribution >= 4 is 11.9 Å². The molecule has 1 aliphatic rings. The van der Waals surface area contributed by atoms with Crippen LogP contribution in [0.4, 0.5) is 0 Å². The van der Waals surface area contributed by atoms with Crippen LogP contribution in [0.15, 0.2) is 58.3 Å². The van der Waals surface area contributed by atoms with Crippen LogP contribution >= 0.6 is 0 Å². The second-order valence-corrected chi connectivity index (χ2v) is 8.38. The second kappa shape index (κ2) is 14.6. The Labute approximate surface area is 184 Å². The van der Waals surface area contributed by atoms with Crippen molar-refractivity contribution in [2.75, 3.05) is 13.2 Å². The zero-order chi connectivity index (χ0) is 22.4. The number of nitrogens with zero attached hydrogens (tertiary/aromatic N) is 2. The van der Waals surface area contributed by atoms with E-state index in [0.717, 1.165) is 50.1 Å². The Balaban J connectivity index is 2.11. The third-order valence-corrected chi connectivity index (χ3v) is 5.03. The highest BCUT2D eigenvalue weighted by molar-refractivity contribution is 5.80. The summed E-state index contributed by atoms with van der Waals surface area (Å²) >= 11 is 0. The second-order valence-electron chi connectivity index (χ2n) is 8.38. The molecule has 2 atom stereocenters. The molecule has 5 heteroatoms. The zero-order valence-electron chi connectivity index (χ0n) is 19.5. The van der Waals surface area contributed by atoms with E-state index in [4.69, 9.17) is 10.5 Å². The van der Waals surface area contributed by atoms with Gasteiger partial charge in [-0.25, -0.2) is 0 Å². The Morgan fingerprint density at radius 2 is 1.87 bits per heavy atom. The highest BCUT2D eigenvalue weighted by atomic mass is 16.5. The first-order valence-corrected chi connectivity index (χ1v) is 11.2. The normalized spacial score (nSPS) is 19.3. The number of rotatable bonds is 14. The van der Waals surface area contributed by atoms with E-state index in [0.29, 0.717) is 35.7 Å². The van der Waals surface area contributed by atoms with Crippen LogP contribution in [0.25, 0.3) is 0 Å². The van der Waals surface area contributed by atoms with E-state index in [9.17, 15) is 0 Å². The number of nitrogens with one attached hydrogen (secondary N) is 1. The van der Waals surface area contributed by atoms with Crippen molar-refractivity contribution in [3.63, 3.8) is 0 Å². The van der Waals surface area contributed by atoms with Crippen molar-refractivity contribution < 1.29 is 4.74 Å². The Bertz CT molecular complexity index is 669. The molecule has 0 bridgehead atoms. The SMILES string of the molecule is C=C(NCC1C=CC(C)CC1)OCCCCCCC=N/C(C(=C)N)=C(\C)N=C(C)C. The van der Waals surface area contributed by atoms with Crippen LogP contribution in [-0.4, -0.2) is 25.1 Å². The lowest BCUT2D eigenvalue weighted by Gasteiger charge is -2.21. The molecule has 2 unspecified atom stereocenters. The first-order valence-electron chi connectivity index (χ1n) is 11.2. The largest absolute Gasteiger partial charge is 0.480 e. The Kier molecular flexibility index (Phi) is 12.6. The van der Waals surface area contributed by atoms with Gasteiger partial charge in [0.1, 0.15) is 5.70 Å². The highest BCUT2D eigenvalue weighted by Gasteiger charge is 2.12. The maximum atomic E-state index is 5.84. The first-order chi connectivity index (χ1) is 14.3. The van der Waals surface area contributed by atoms with E-state index in [1.165, 1.54) is 12.8 Å². The summed E-state index contributed by atoms with van der Waals surface area (Å²) in [5, 5.41) is 3.31.